The van der Waals surface area contributed by atoms with Gasteiger partial charge in [-0.3, -0.25) is 9.79 Å². The highest BCUT2D eigenvalue weighted by molar-refractivity contribution is 7.46. The summed E-state index contributed by atoms with van der Waals surface area (Å²) in [5.74, 6) is -0.261. The van der Waals surface area contributed by atoms with Crippen molar-refractivity contribution in [1.29, 1.82) is 5.26 Å². The minimum atomic E-state index is -4.92. The zero-order valence-corrected chi connectivity index (χ0v) is 11.6. The van der Waals surface area contributed by atoms with Crippen molar-refractivity contribution >= 4 is 18.7 Å². The van der Waals surface area contributed by atoms with Gasteiger partial charge in [0.15, 0.2) is 0 Å². The molecule has 21 heavy (non-hydrogen) atoms. The zero-order chi connectivity index (χ0) is 20.6. The molecule has 0 saturated carbocycles. The Kier molecular flexibility index (Phi) is 2.58. The molecular formula is C13H16N3O4P. The van der Waals surface area contributed by atoms with Crippen LogP contribution in [0.15, 0.2) is 18.3 Å². The first kappa shape index (κ1) is 9.23. The van der Waals surface area contributed by atoms with E-state index in [1.807, 2.05) is 6.07 Å². The van der Waals surface area contributed by atoms with Crippen LogP contribution in [0.3, 0.4) is 0 Å². The highest BCUT2D eigenvalue weighted by Crippen LogP contribution is 2.42. The number of H-pyrrole nitrogens is 1. The van der Waals surface area contributed by atoms with Crippen LogP contribution in [0, 0.1) is 11.3 Å². The predicted octanol–water partition coefficient (Wildman–Crippen LogP) is 1.62. The van der Waals surface area contributed by atoms with E-state index in [9.17, 15) is 4.57 Å². The van der Waals surface area contributed by atoms with Gasteiger partial charge in [0.25, 0.3) is 0 Å². The summed E-state index contributed by atoms with van der Waals surface area (Å²) in [4.78, 5) is 21.4. The minimum Gasteiger partial charge on any atom is -0.403 e. The van der Waals surface area contributed by atoms with Crippen LogP contribution in [0.4, 0.5) is 0 Å². The summed E-state index contributed by atoms with van der Waals surface area (Å²) in [6, 6.07) is 4.40. The number of nitrogens with one attached hydrogen (secondary N) is 1. The molecule has 0 aliphatic rings. The highest BCUT2D eigenvalue weighted by atomic mass is 31.2. The molecule has 1 aromatic heterocycles. The zero-order valence-electron chi connectivity index (χ0n) is 16.7. The lowest BCUT2D eigenvalue weighted by Crippen LogP contribution is -2.14. The Morgan fingerprint density at radius 2 is 2.29 bits per heavy atom. The van der Waals surface area contributed by atoms with Gasteiger partial charge in [0.2, 0.25) is 0 Å². The second-order valence-corrected chi connectivity index (χ2v) is 5.47. The van der Waals surface area contributed by atoms with Crippen molar-refractivity contribution in [2.75, 3.05) is 20.5 Å². The molecule has 2 rings (SSSR count). The first-order valence-electron chi connectivity index (χ1n) is 8.79. The van der Waals surface area contributed by atoms with Gasteiger partial charge in [0, 0.05) is 26.4 Å². The first-order chi connectivity index (χ1) is 12.2. The van der Waals surface area contributed by atoms with E-state index in [1.165, 1.54) is 12.3 Å². The second kappa shape index (κ2) is 5.88. The molecule has 2 aromatic rings. The number of likely N-dealkylation sites (N-methyl/N-ethyl adjacent to an activating group) is 1. The van der Waals surface area contributed by atoms with Gasteiger partial charge in [0.1, 0.15) is 5.75 Å². The molecule has 0 radical (unpaired) electrons. The lowest BCUT2D eigenvalue weighted by molar-refractivity contribution is 0.284. The van der Waals surface area contributed by atoms with E-state index in [2.05, 4.69) is 9.51 Å². The van der Waals surface area contributed by atoms with E-state index in [4.69, 9.17) is 23.3 Å². The van der Waals surface area contributed by atoms with E-state index in [0.29, 0.717) is 16.0 Å². The van der Waals surface area contributed by atoms with E-state index in [1.54, 1.807) is 0 Å². The summed E-state index contributed by atoms with van der Waals surface area (Å²) < 4.78 is 60.2. The summed E-state index contributed by atoms with van der Waals surface area (Å²) in [7, 11) is -4.92. The van der Waals surface area contributed by atoms with Gasteiger partial charge in [-0.1, -0.05) is 0 Å². The predicted molar refractivity (Wildman–Crippen MR) is 77.9 cm³/mol. The number of phosphoric ester groups is 1. The molecule has 0 bridgehead atoms. The van der Waals surface area contributed by atoms with E-state index in [-0.39, 0.29) is 29.7 Å². The molecule has 112 valence electrons. The molecule has 1 aromatic carbocycles. The third-order valence-corrected chi connectivity index (χ3v) is 3.21. The van der Waals surface area contributed by atoms with Gasteiger partial charge in [0.05, 0.1) is 17.1 Å². The standard InChI is InChI=1S/C13H16N3O4P/c1-16(2)4-3-10-8-15-11-5-9(7-14)6-12(13(10)11)20-21(17,18)19/h5-6,8,15H,3-4H2,1-2H3,(H2,17,18,19)/i1D3,2D3. The number of hydrogen-bond donors (Lipinski definition) is 3. The fraction of sp³-hybridized carbons (Fsp3) is 0.308. The van der Waals surface area contributed by atoms with Gasteiger partial charge in [-0.2, -0.15) is 5.26 Å². The maximum atomic E-state index is 11.2. The van der Waals surface area contributed by atoms with Gasteiger partial charge >= 0.3 is 7.82 Å². The molecule has 0 fully saturated rings. The van der Waals surface area contributed by atoms with Crippen molar-refractivity contribution in [3.05, 3.63) is 29.5 Å². The minimum absolute atomic E-state index is 0.0554. The number of nitrogens with zero attached hydrogens (tertiary/aromatic N) is 2. The Hall–Kier alpha value is -1.84. The Morgan fingerprint density at radius 1 is 1.52 bits per heavy atom. The van der Waals surface area contributed by atoms with Crippen LogP contribution in [0.1, 0.15) is 19.4 Å². The monoisotopic (exact) mass is 315 g/mol. The normalized spacial score (nSPS) is 17.2. The molecular weight excluding hydrogens is 293 g/mol. The SMILES string of the molecule is [2H]C([2H])([2H])N(CCc1c[nH]c2cc(C#N)cc(OP(=O)(O)O)c12)C([2H])([2H])[2H]. The Morgan fingerprint density at radius 3 is 2.90 bits per heavy atom. The molecule has 0 spiro atoms. The summed E-state index contributed by atoms with van der Waals surface area (Å²) in [5.41, 5.74) is 0.809. The average Bonchev–Trinajstić information content (AvgIpc) is 2.86. The summed E-state index contributed by atoms with van der Waals surface area (Å²) >= 11 is 0. The van der Waals surface area contributed by atoms with Crippen LogP contribution in [-0.2, 0) is 11.0 Å². The van der Waals surface area contributed by atoms with Crippen molar-refractivity contribution < 1.29 is 27.1 Å². The number of hydrogen-bond acceptors (Lipinski definition) is 4. The van der Waals surface area contributed by atoms with Crippen molar-refractivity contribution in [2.24, 2.45) is 0 Å². The molecule has 7 nitrogen and oxygen atoms in total. The van der Waals surface area contributed by atoms with E-state index < -0.39 is 21.8 Å². The lowest BCUT2D eigenvalue weighted by Gasteiger charge is -2.11. The quantitative estimate of drug-likeness (QED) is 0.723. The summed E-state index contributed by atoms with van der Waals surface area (Å²) in [6.07, 6.45) is 1.38. The van der Waals surface area contributed by atoms with Gasteiger partial charge in [-0.05, 0) is 38.1 Å². The summed E-state index contributed by atoms with van der Waals surface area (Å²) in [5, 5.41) is 9.27. The molecule has 1 heterocycles. The number of rotatable bonds is 5. The van der Waals surface area contributed by atoms with Crippen molar-refractivity contribution in [1.82, 2.24) is 9.88 Å². The number of aromatic nitrogens is 1. The second-order valence-electron chi connectivity index (χ2n) is 4.31. The van der Waals surface area contributed by atoms with Crippen LogP contribution in [0.25, 0.3) is 10.9 Å². The number of aromatic amines is 1. The first-order valence-corrected chi connectivity index (χ1v) is 7.32. The summed E-state index contributed by atoms with van der Waals surface area (Å²) in [6.45, 7) is -6.07. The third kappa shape index (κ3) is 3.84. The molecule has 3 N–H and O–H groups in total. The number of nitriles is 1. The Bertz CT molecular complexity index is 913. The number of fused-ring (bicyclic) bond motifs is 1. The fourth-order valence-electron chi connectivity index (χ4n) is 1.99. The highest BCUT2D eigenvalue weighted by Gasteiger charge is 2.20. The topological polar surface area (TPSA) is 110 Å². The van der Waals surface area contributed by atoms with Crippen LogP contribution < -0.4 is 4.52 Å². The molecule has 0 unspecified atom stereocenters. The van der Waals surface area contributed by atoms with E-state index in [0.717, 1.165) is 6.07 Å². The number of phosphoric acid groups is 1. The molecule has 0 saturated heterocycles. The Balaban J connectivity index is 2.45. The number of benzene rings is 1. The smallest absolute Gasteiger partial charge is 0.403 e. The van der Waals surface area contributed by atoms with E-state index >= 15 is 0 Å². The van der Waals surface area contributed by atoms with Crippen LogP contribution in [0.5, 0.6) is 5.75 Å². The largest absolute Gasteiger partial charge is 0.524 e. The lowest BCUT2D eigenvalue weighted by atomic mass is 10.1. The molecule has 0 aliphatic heterocycles. The van der Waals surface area contributed by atoms with Gasteiger partial charge in [-0.25, -0.2) is 4.57 Å². The molecule has 0 atom stereocenters. The maximum Gasteiger partial charge on any atom is 0.524 e. The van der Waals surface area contributed by atoms with Gasteiger partial charge < -0.3 is 14.4 Å². The fourth-order valence-corrected chi connectivity index (χ4v) is 2.39. The molecule has 8 heteroatoms. The van der Waals surface area contributed by atoms with Crippen molar-refractivity contribution in [3.8, 4) is 11.8 Å². The van der Waals surface area contributed by atoms with Crippen LogP contribution in [0.2, 0.25) is 0 Å². The maximum absolute atomic E-state index is 11.2. The van der Waals surface area contributed by atoms with Crippen LogP contribution in [-0.4, -0.2) is 40.2 Å². The van der Waals surface area contributed by atoms with Crippen LogP contribution >= 0.6 is 7.82 Å². The average molecular weight is 315 g/mol. The van der Waals surface area contributed by atoms with Crippen molar-refractivity contribution in [2.45, 2.75) is 6.42 Å². The molecule has 0 amide bonds. The van der Waals surface area contributed by atoms with Crippen molar-refractivity contribution in [3.63, 3.8) is 0 Å². The van der Waals surface area contributed by atoms with Gasteiger partial charge in [-0.15, -0.1) is 0 Å². The third-order valence-electron chi connectivity index (χ3n) is 2.78. The Labute approximate surface area is 130 Å². The molecule has 0 aliphatic carbocycles.